The van der Waals surface area contributed by atoms with Crippen molar-refractivity contribution in [3.63, 3.8) is 0 Å². The van der Waals surface area contributed by atoms with Gasteiger partial charge < -0.3 is 9.84 Å². The minimum Gasteiger partial charge on any atom is -0.463 e. The van der Waals surface area contributed by atoms with Crippen LogP contribution in [0.1, 0.15) is 64.7 Å². The molecule has 0 saturated heterocycles. The summed E-state index contributed by atoms with van der Waals surface area (Å²) in [7, 11) is 0. The highest BCUT2D eigenvalue weighted by Crippen LogP contribution is 2.16. The molecule has 1 rings (SSSR count). The molecule has 0 radical (unpaired) electrons. The molecule has 104 valence electrons. The van der Waals surface area contributed by atoms with Crippen LogP contribution in [0.5, 0.6) is 0 Å². The first kappa shape index (κ1) is 15.2. The largest absolute Gasteiger partial charge is 0.463 e. The third-order valence-corrected chi connectivity index (χ3v) is 3.37. The normalized spacial score (nSPS) is 29.4. The van der Waals surface area contributed by atoms with E-state index in [1.54, 1.807) is 0 Å². The van der Waals surface area contributed by atoms with E-state index in [2.05, 4.69) is 0 Å². The predicted octanol–water partition coefficient (Wildman–Crippen LogP) is 3.36. The maximum atomic E-state index is 11.0. The SMILES string of the molecule is CC(=O)OC1CC/C=C/C(O)CCCCCCC1. The molecule has 0 aromatic heterocycles. The molecule has 1 aliphatic rings. The zero-order chi connectivity index (χ0) is 13.2. The molecule has 0 aromatic carbocycles. The van der Waals surface area contributed by atoms with Crippen LogP contribution in [0, 0.1) is 0 Å². The highest BCUT2D eigenvalue weighted by molar-refractivity contribution is 5.66. The molecule has 0 aromatic rings. The minimum atomic E-state index is -0.307. The maximum Gasteiger partial charge on any atom is 0.302 e. The molecule has 0 saturated carbocycles. The Morgan fingerprint density at radius 2 is 1.78 bits per heavy atom. The molecule has 0 fully saturated rings. The van der Waals surface area contributed by atoms with Gasteiger partial charge >= 0.3 is 5.97 Å². The van der Waals surface area contributed by atoms with Crippen LogP contribution in [0.4, 0.5) is 0 Å². The lowest BCUT2D eigenvalue weighted by atomic mass is 10.0. The molecule has 3 heteroatoms. The number of hydrogen-bond donors (Lipinski definition) is 1. The van der Waals surface area contributed by atoms with Crippen LogP contribution in [0.3, 0.4) is 0 Å². The number of carbonyl (C=O) groups is 1. The first-order chi connectivity index (χ1) is 8.68. The summed E-state index contributed by atoms with van der Waals surface area (Å²) in [5.41, 5.74) is 0. The molecule has 0 bridgehead atoms. The van der Waals surface area contributed by atoms with Gasteiger partial charge in [0.15, 0.2) is 0 Å². The molecule has 0 spiro atoms. The van der Waals surface area contributed by atoms with Crippen molar-refractivity contribution in [2.75, 3.05) is 0 Å². The molecule has 2 atom stereocenters. The second-order valence-corrected chi connectivity index (χ2v) is 5.15. The quantitative estimate of drug-likeness (QED) is 0.576. The molecule has 0 heterocycles. The third kappa shape index (κ3) is 7.49. The molecule has 1 aliphatic carbocycles. The monoisotopic (exact) mass is 254 g/mol. The summed E-state index contributed by atoms with van der Waals surface area (Å²) in [5.74, 6) is -0.187. The Morgan fingerprint density at radius 3 is 2.50 bits per heavy atom. The van der Waals surface area contributed by atoms with Crippen LogP contribution in [0.2, 0.25) is 0 Å². The number of rotatable bonds is 1. The molecular weight excluding hydrogens is 228 g/mol. The van der Waals surface area contributed by atoms with Gasteiger partial charge in [-0.2, -0.15) is 0 Å². The fraction of sp³-hybridized carbons (Fsp3) is 0.800. The van der Waals surface area contributed by atoms with E-state index < -0.39 is 0 Å². The highest BCUT2D eigenvalue weighted by Gasteiger charge is 2.11. The summed E-state index contributed by atoms with van der Waals surface area (Å²) in [5, 5.41) is 9.70. The molecule has 0 amide bonds. The van der Waals surface area contributed by atoms with Gasteiger partial charge in [-0.1, -0.05) is 37.8 Å². The summed E-state index contributed by atoms with van der Waals surface area (Å²) in [6.45, 7) is 1.47. The Morgan fingerprint density at radius 1 is 1.11 bits per heavy atom. The number of aliphatic hydroxyl groups excluding tert-OH is 1. The predicted molar refractivity (Wildman–Crippen MR) is 72.3 cm³/mol. The van der Waals surface area contributed by atoms with Crippen LogP contribution in [0.15, 0.2) is 12.2 Å². The van der Waals surface area contributed by atoms with Gasteiger partial charge in [0.05, 0.1) is 6.10 Å². The van der Waals surface area contributed by atoms with Crippen LogP contribution in [-0.4, -0.2) is 23.3 Å². The molecule has 18 heavy (non-hydrogen) atoms. The summed E-state index contributed by atoms with van der Waals surface area (Å²) in [6.07, 6.45) is 13.0. The van der Waals surface area contributed by atoms with Crippen molar-refractivity contribution in [3.8, 4) is 0 Å². The Bertz CT molecular complexity index is 260. The second kappa shape index (κ2) is 9.15. The summed E-state index contributed by atoms with van der Waals surface area (Å²) >= 11 is 0. The van der Waals surface area contributed by atoms with Gasteiger partial charge in [-0.05, 0) is 32.1 Å². The van der Waals surface area contributed by atoms with Gasteiger partial charge in [-0.25, -0.2) is 0 Å². The van der Waals surface area contributed by atoms with E-state index in [1.165, 1.54) is 26.2 Å². The van der Waals surface area contributed by atoms with Crippen molar-refractivity contribution in [1.82, 2.24) is 0 Å². The van der Waals surface area contributed by atoms with Gasteiger partial charge in [0.2, 0.25) is 0 Å². The third-order valence-electron chi connectivity index (χ3n) is 3.37. The van der Waals surface area contributed by atoms with E-state index in [-0.39, 0.29) is 18.2 Å². The first-order valence-corrected chi connectivity index (χ1v) is 7.20. The number of carbonyl (C=O) groups excluding carboxylic acids is 1. The van der Waals surface area contributed by atoms with Crippen molar-refractivity contribution in [3.05, 3.63) is 12.2 Å². The minimum absolute atomic E-state index is 0.0463. The van der Waals surface area contributed by atoms with Gasteiger partial charge in [-0.3, -0.25) is 4.79 Å². The molecule has 2 unspecified atom stereocenters. The zero-order valence-electron chi connectivity index (χ0n) is 11.4. The average Bonchev–Trinajstić information content (AvgIpc) is 2.33. The number of ether oxygens (including phenoxy) is 1. The van der Waals surface area contributed by atoms with E-state index >= 15 is 0 Å². The number of aliphatic hydroxyl groups is 1. The van der Waals surface area contributed by atoms with E-state index in [0.29, 0.717) is 0 Å². The summed E-state index contributed by atoms with van der Waals surface area (Å²) in [4.78, 5) is 11.0. The number of hydrogen-bond acceptors (Lipinski definition) is 3. The van der Waals surface area contributed by atoms with Crippen molar-refractivity contribution >= 4 is 5.97 Å². The van der Waals surface area contributed by atoms with Crippen LogP contribution >= 0.6 is 0 Å². The molecule has 0 aliphatic heterocycles. The van der Waals surface area contributed by atoms with E-state index in [9.17, 15) is 9.90 Å². The smallest absolute Gasteiger partial charge is 0.302 e. The lowest BCUT2D eigenvalue weighted by Gasteiger charge is -2.16. The van der Waals surface area contributed by atoms with Gasteiger partial charge in [-0.15, -0.1) is 0 Å². The fourth-order valence-corrected chi connectivity index (χ4v) is 2.38. The Hall–Kier alpha value is -0.830. The standard InChI is InChI=1S/C15H26O3/c1-13(16)18-15-11-6-4-2-3-5-9-14(17)10-7-8-12-15/h7,10,14-15,17H,2-6,8-9,11-12H2,1H3/b10-7+. The van der Waals surface area contributed by atoms with Gasteiger partial charge in [0, 0.05) is 6.92 Å². The summed E-state index contributed by atoms with van der Waals surface area (Å²) < 4.78 is 5.32. The van der Waals surface area contributed by atoms with Crippen LogP contribution in [0.25, 0.3) is 0 Å². The van der Waals surface area contributed by atoms with Gasteiger partial charge in [0.25, 0.3) is 0 Å². The summed E-state index contributed by atoms with van der Waals surface area (Å²) in [6, 6.07) is 0. The second-order valence-electron chi connectivity index (χ2n) is 5.15. The maximum absolute atomic E-state index is 11.0. The van der Waals surface area contributed by atoms with Crippen molar-refractivity contribution in [2.24, 2.45) is 0 Å². The Kier molecular flexibility index (Phi) is 7.74. The van der Waals surface area contributed by atoms with E-state index in [4.69, 9.17) is 4.74 Å². The van der Waals surface area contributed by atoms with Crippen LogP contribution < -0.4 is 0 Å². The van der Waals surface area contributed by atoms with E-state index in [0.717, 1.165) is 38.5 Å². The van der Waals surface area contributed by atoms with Crippen molar-refractivity contribution in [1.29, 1.82) is 0 Å². The lowest BCUT2D eigenvalue weighted by molar-refractivity contribution is -0.146. The number of esters is 1. The van der Waals surface area contributed by atoms with E-state index in [1.807, 2.05) is 12.2 Å². The molecular formula is C15H26O3. The van der Waals surface area contributed by atoms with Crippen molar-refractivity contribution in [2.45, 2.75) is 76.9 Å². The first-order valence-electron chi connectivity index (χ1n) is 7.20. The number of allylic oxidation sites excluding steroid dienone is 1. The Labute approximate surface area is 110 Å². The van der Waals surface area contributed by atoms with Crippen molar-refractivity contribution < 1.29 is 14.6 Å². The van der Waals surface area contributed by atoms with Crippen LogP contribution in [-0.2, 0) is 9.53 Å². The molecule has 1 N–H and O–H groups in total. The van der Waals surface area contributed by atoms with Gasteiger partial charge in [0.1, 0.15) is 6.10 Å². The fourth-order valence-electron chi connectivity index (χ4n) is 2.38. The average molecular weight is 254 g/mol. The molecule has 3 nitrogen and oxygen atoms in total. The highest BCUT2D eigenvalue weighted by atomic mass is 16.5. The topological polar surface area (TPSA) is 46.5 Å². The Balaban J connectivity index is 2.43. The zero-order valence-corrected chi connectivity index (χ0v) is 11.4. The lowest BCUT2D eigenvalue weighted by Crippen LogP contribution is -2.16.